The Morgan fingerprint density at radius 1 is 1.22 bits per heavy atom. The van der Waals surface area contributed by atoms with Gasteiger partial charge in [-0.25, -0.2) is 13.2 Å². The van der Waals surface area contributed by atoms with Gasteiger partial charge in [0, 0.05) is 13.1 Å². The summed E-state index contributed by atoms with van der Waals surface area (Å²) in [5.41, 5.74) is 0.985. The van der Waals surface area contributed by atoms with Crippen molar-refractivity contribution in [3.8, 4) is 0 Å². The third-order valence-electron chi connectivity index (χ3n) is 2.93. The summed E-state index contributed by atoms with van der Waals surface area (Å²) in [5, 5.41) is 0. The van der Waals surface area contributed by atoms with E-state index in [2.05, 4.69) is 16.1 Å². The largest absolute Gasteiger partial charge is 0.508 e. The standard InChI is InChI=1S/C16H21NO5S/c1-4-11-17(12-5-6-13-22-16(18)21-3)23(19,20)15-9-7-14(2)8-10-15/h4-10H,1,11-13H2,2-3H3/b6-5-. The van der Waals surface area contributed by atoms with Crippen molar-refractivity contribution in [1.29, 1.82) is 0 Å². The number of nitrogens with zero attached hydrogens (tertiary/aromatic N) is 1. The zero-order valence-electron chi connectivity index (χ0n) is 13.3. The topological polar surface area (TPSA) is 72.9 Å². The highest BCUT2D eigenvalue weighted by Gasteiger charge is 2.22. The fourth-order valence-corrected chi connectivity index (χ4v) is 3.07. The van der Waals surface area contributed by atoms with E-state index in [1.54, 1.807) is 36.4 Å². The molecule has 1 aromatic carbocycles. The lowest BCUT2D eigenvalue weighted by Gasteiger charge is -2.19. The van der Waals surface area contributed by atoms with Gasteiger partial charge >= 0.3 is 6.16 Å². The third-order valence-corrected chi connectivity index (χ3v) is 4.78. The summed E-state index contributed by atoms with van der Waals surface area (Å²) in [6.45, 7) is 5.81. The van der Waals surface area contributed by atoms with Crippen LogP contribution < -0.4 is 0 Å². The van der Waals surface area contributed by atoms with Gasteiger partial charge in [0.2, 0.25) is 10.0 Å². The Morgan fingerprint density at radius 2 is 1.87 bits per heavy atom. The molecule has 0 aliphatic rings. The van der Waals surface area contributed by atoms with E-state index in [0.717, 1.165) is 5.56 Å². The maximum absolute atomic E-state index is 12.6. The summed E-state index contributed by atoms with van der Waals surface area (Å²) < 4.78 is 35.5. The molecule has 0 N–H and O–H groups in total. The van der Waals surface area contributed by atoms with Crippen LogP contribution in [0.1, 0.15) is 5.56 Å². The van der Waals surface area contributed by atoms with Crippen molar-refractivity contribution < 1.29 is 22.7 Å². The van der Waals surface area contributed by atoms with Crippen LogP contribution in [0.4, 0.5) is 4.79 Å². The number of ether oxygens (including phenoxy) is 2. The molecule has 6 nitrogen and oxygen atoms in total. The summed E-state index contributed by atoms with van der Waals surface area (Å²) in [5.74, 6) is 0. The molecule has 0 saturated carbocycles. The van der Waals surface area contributed by atoms with Crippen LogP contribution in [0, 0.1) is 6.92 Å². The molecule has 0 aliphatic carbocycles. The quantitative estimate of drug-likeness (QED) is 0.537. The smallest absolute Gasteiger partial charge is 0.438 e. The molecular weight excluding hydrogens is 318 g/mol. The first-order chi connectivity index (χ1) is 10.9. The Kier molecular flexibility index (Phi) is 7.50. The number of methoxy groups -OCH3 is 1. The fourth-order valence-electron chi connectivity index (χ4n) is 1.71. The van der Waals surface area contributed by atoms with Crippen molar-refractivity contribution in [3.05, 3.63) is 54.6 Å². The Hall–Kier alpha value is -2.12. The molecule has 1 rings (SSSR count). The van der Waals surface area contributed by atoms with Crippen molar-refractivity contribution >= 4 is 16.2 Å². The van der Waals surface area contributed by atoms with Crippen LogP contribution in [0.3, 0.4) is 0 Å². The van der Waals surface area contributed by atoms with E-state index >= 15 is 0 Å². The molecule has 0 amide bonds. The molecule has 0 radical (unpaired) electrons. The molecule has 126 valence electrons. The van der Waals surface area contributed by atoms with E-state index in [1.807, 2.05) is 6.92 Å². The lowest BCUT2D eigenvalue weighted by molar-refractivity contribution is 0.0817. The van der Waals surface area contributed by atoms with Gasteiger partial charge in [-0.15, -0.1) is 6.58 Å². The minimum atomic E-state index is -3.61. The monoisotopic (exact) mass is 339 g/mol. The number of benzene rings is 1. The third kappa shape index (κ3) is 5.88. The number of carbonyl (C=O) groups is 1. The molecular formula is C16H21NO5S. The summed E-state index contributed by atoms with van der Waals surface area (Å²) in [6, 6.07) is 6.65. The van der Waals surface area contributed by atoms with Gasteiger partial charge in [-0.05, 0) is 25.1 Å². The normalized spacial score (nSPS) is 11.6. The molecule has 0 spiro atoms. The van der Waals surface area contributed by atoms with E-state index in [1.165, 1.54) is 17.5 Å². The van der Waals surface area contributed by atoms with Gasteiger partial charge in [0.25, 0.3) is 0 Å². The second-order valence-corrected chi connectivity index (χ2v) is 6.60. The van der Waals surface area contributed by atoms with Crippen LogP contribution in [0.2, 0.25) is 0 Å². The average Bonchev–Trinajstić information content (AvgIpc) is 2.53. The molecule has 0 aliphatic heterocycles. The van der Waals surface area contributed by atoms with Crippen LogP contribution in [0.15, 0.2) is 54.0 Å². The van der Waals surface area contributed by atoms with Gasteiger partial charge in [-0.3, -0.25) is 0 Å². The summed E-state index contributed by atoms with van der Waals surface area (Å²) in [6.07, 6.45) is 3.89. The molecule has 0 atom stereocenters. The number of aryl methyl sites for hydroxylation is 1. The Morgan fingerprint density at radius 3 is 2.43 bits per heavy atom. The van der Waals surface area contributed by atoms with Gasteiger partial charge in [-0.1, -0.05) is 29.8 Å². The summed E-state index contributed by atoms with van der Waals surface area (Å²) in [7, 11) is -2.40. The molecule has 0 fully saturated rings. The molecule has 0 unspecified atom stereocenters. The molecule has 0 bridgehead atoms. The average molecular weight is 339 g/mol. The van der Waals surface area contributed by atoms with Gasteiger partial charge in [0.15, 0.2) is 0 Å². The lowest BCUT2D eigenvalue weighted by atomic mass is 10.2. The highest BCUT2D eigenvalue weighted by molar-refractivity contribution is 7.89. The van der Waals surface area contributed by atoms with E-state index in [9.17, 15) is 13.2 Å². The number of rotatable bonds is 8. The van der Waals surface area contributed by atoms with Gasteiger partial charge in [0.05, 0.1) is 12.0 Å². The van der Waals surface area contributed by atoms with Crippen molar-refractivity contribution in [3.63, 3.8) is 0 Å². The maximum Gasteiger partial charge on any atom is 0.508 e. The Bertz CT molecular complexity index is 650. The predicted octanol–water partition coefficient (Wildman–Crippen LogP) is 2.51. The first-order valence-electron chi connectivity index (χ1n) is 6.95. The minimum absolute atomic E-state index is 0.0131. The molecule has 1 aromatic rings. The van der Waals surface area contributed by atoms with Crippen molar-refractivity contribution in [2.45, 2.75) is 11.8 Å². The lowest BCUT2D eigenvalue weighted by Crippen LogP contribution is -2.31. The molecule has 0 heterocycles. The predicted molar refractivity (Wildman–Crippen MR) is 87.6 cm³/mol. The van der Waals surface area contributed by atoms with Gasteiger partial charge in [0.1, 0.15) is 6.61 Å². The van der Waals surface area contributed by atoms with Gasteiger partial charge < -0.3 is 9.47 Å². The Balaban J connectivity index is 2.76. The minimum Gasteiger partial charge on any atom is -0.438 e. The van der Waals surface area contributed by atoms with E-state index in [0.29, 0.717) is 0 Å². The summed E-state index contributed by atoms with van der Waals surface area (Å²) in [4.78, 5) is 11.0. The molecule has 0 aromatic heterocycles. The molecule has 0 saturated heterocycles. The van der Waals surface area contributed by atoms with E-state index in [4.69, 9.17) is 0 Å². The summed E-state index contributed by atoms with van der Waals surface area (Å²) >= 11 is 0. The van der Waals surface area contributed by atoms with Crippen LogP contribution in [0.25, 0.3) is 0 Å². The maximum atomic E-state index is 12.6. The Labute approximate surface area is 137 Å². The number of hydrogen-bond acceptors (Lipinski definition) is 5. The number of hydrogen-bond donors (Lipinski definition) is 0. The van der Waals surface area contributed by atoms with Crippen LogP contribution in [-0.2, 0) is 19.5 Å². The van der Waals surface area contributed by atoms with Crippen molar-refractivity contribution in [1.82, 2.24) is 4.31 Å². The number of carbonyl (C=O) groups excluding carboxylic acids is 1. The fraction of sp³-hybridized carbons (Fsp3) is 0.312. The molecule has 7 heteroatoms. The SMILES string of the molecule is C=CCN(C/C=C\COC(=O)OC)S(=O)(=O)c1ccc(C)cc1. The highest BCUT2D eigenvalue weighted by Crippen LogP contribution is 2.16. The van der Waals surface area contributed by atoms with Crippen LogP contribution >= 0.6 is 0 Å². The zero-order valence-corrected chi connectivity index (χ0v) is 14.1. The van der Waals surface area contributed by atoms with Gasteiger partial charge in [-0.2, -0.15) is 4.31 Å². The highest BCUT2D eigenvalue weighted by atomic mass is 32.2. The second-order valence-electron chi connectivity index (χ2n) is 4.66. The zero-order chi connectivity index (χ0) is 17.3. The second kappa shape index (κ2) is 9.12. The van der Waals surface area contributed by atoms with Crippen molar-refractivity contribution in [2.75, 3.05) is 26.8 Å². The van der Waals surface area contributed by atoms with E-state index in [-0.39, 0.29) is 24.6 Å². The van der Waals surface area contributed by atoms with Crippen LogP contribution in [0.5, 0.6) is 0 Å². The first kappa shape index (κ1) is 18.9. The van der Waals surface area contributed by atoms with Crippen molar-refractivity contribution in [2.24, 2.45) is 0 Å². The number of sulfonamides is 1. The molecule has 23 heavy (non-hydrogen) atoms. The van der Waals surface area contributed by atoms with E-state index < -0.39 is 16.2 Å². The first-order valence-corrected chi connectivity index (χ1v) is 8.39. The van der Waals surface area contributed by atoms with Crippen LogP contribution in [-0.4, -0.2) is 45.7 Å².